The molecular weight excluding hydrogens is 300 g/mol. The molecule has 1 spiro atoms. The second-order valence-corrected chi connectivity index (χ2v) is 9.53. The molecule has 3 fully saturated rings. The fourth-order valence-electron chi connectivity index (χ4n) is 4.31. The maximum atomic E-state index is 12.1. The Morgan fingerprint density at radius 2 is 1.82 bits per heavy atom. The highest BCUT2D eigenvalue weighted by atomic mass is 32.2. The molecule has 5 nitrogen and oxygen atoms in total. The van der Waals surface area contributed by atoms with Crippen LogP contribution in [0.15, 0.2) is 0 Å². The molecule has 2 saturated heterocycles. The first-order chi connectivity index (χ1) is 10.5. The van der Waals surface area contributed by atoms with Crippen molar-refractivity contribution in [2.45, 2.75) is 57.0 Å². The van der Waals surface area contributed by atoms with E-state index in [0.717, 1.165) is 25.4 Å². The third-order valence-electron chi connectivity index (χ3n) is 5.92. The zero-order chi connectivity index (χ0) is 15.8. The summed E-state index contributed by atoms with van der Waals surface area (Å²) >= 11 is 0. The van der Waals surface area contributed by atoms with Gasteiger partial charge < -0.3 is 4.74 Å². The van der Waals surface area contributed by atoms with Crippen LogP contribution in [0.5, 0.6) is 0 Å². The number of ether oxygens (including phenoxy) is 1. The van der Waals surface area contributed by atoms with Gasteiger partial charge in [-0.05, 0) is 51.4 Å². The smallest absolute Gasteiger partial charge is 0.213 e. The minimum atomic E-state index is -3.03. The monoisotopic (exact) mass is 330 g/mol. The van der Waals surface area contributed by atoms with Crippen molar-refractivity contribution in [2.75, 3.05) is 39.1 Å². The van der Waals surface area contributed by atoms with E-state index in [4.69, 9.17) is 4.74 Å². The molecule has 1 saturated carbocycles. The highest BCUT2D eigenvalue weighted by Crippen LogP contribution is 2.44. The van der Waals surface area contributed by atoms with Gasteiger partial charge in [0.2, 0.25) is 10.0 Å². The number of hydrogen-bond donors (Lipinski definition) is 0. The van der Waals surface area contributed by atoms with Crippen molar-refractivity contribution in [2.24, 2.45) is 5.92 Å². The van der Waals surface area contributed by atoms with Crippen molar-refractivity contribution in [3.63, 3.8) is 0 Å². The first-order valence-corrected chi connectivity index (χ1v) is 10.4. The van der Waals surface area contributed by atoms with Crippen LogP contribution in [-0.4, -0.2) is 68.3 Å². The zero-order valence-corrected chi connectivity index (χ0v) is 14.8. The van der Waals surface area contributed by atoms with Gasteiger partial charge in [-0.1, -0.05) is 0 Å². The lowest BCUT2D eigenvalue weighted by molar-refractivity contribution is 0.0209. The molecule has 128 valence electrons. The molecule has 1 atom stereocenters. The van der Waals surface area contributed by atoms with Gasteiger partial charge in [-0.2, -0.15) is 0 Å². The van der Waals surface area contributed by atoms with Gasteiger partial charge >= 0.3 is 0 Å². The summed E-state index contributed by atoms with van der Waals surface area (Å²) in [4.78, 5) is 2.70. The normalized spacial score (nSPS) is 30.2. The van der Waals surface area contributed by atoms with Gasteiger partial charge in [0.15, 0.2) is 0 Å². The number of likely N-dealkylation sites (tertiary alicyclic amines) is 1. The van der Waals surface area contributed by atoms with E-state index in [1.54, 1.807) is 18.3 Å². The predicted octanol–water partition coefficient (Wildman–Crippen LogP) is 1.69. The number of nitrogens with zero attached hydrogens (tertiary/aromatic N) is 2. The number of sulfonamides is 1. The first kappa shape index (κ1) is 16.7. The highest BCUT2D eigenvalue weighted by Gasteiger charge is 2.49. The molecule has 1 aliphatic carbocycles. The minimum Gasteiger partial charge on any atom is -0.383 e. The maximum absolute atomic E-state index is 12.1. The molecule has 0 unspecified atom stereocenters. The minimum absolute atomic E-state index is 0.220. The highest BCUT2D eigenvalue weighted by molar-refractivity contribution is 7.89. The zero-order valence-electron chi connectivity index (χ0n) is 14.0. The fourth-order valence-corrected chi connectivity index (χ4v) is 5.41. The van der Waals surface area contributed by atoms with Crippen molar-refractivity contribution in [3.05, 3.63) is 0 Å². The second kappa shape index (κ2) is 6.38. The van der Waals surface area contributed by atoms with Crippen LogP contribution in [-0.2, 0) is 14.8 Å². The Labute approximate surface area is 135 Å². The van der Waals surface area contributed by atoms with Crippen LogP contribution >= 0.6 is 0 Å². The number of rotatable bonds is 6. The second-order valence-electron chi connectivity index (χ2n) is 7.27. The van der Waals surface area contributed by atoms with E-state index in [1.807, 2.05) is 0 Å². The van der Waals surface area contributed by atoms with Gasteiger partial charge in [-0.3, -0.25) is 4.90 Å². The Morgan fingerprint density at radius 1 is 1.14 bits per heavy atom. The Morgan fingerprint density at radius 3 is 2.36 bits per heavy atom. The quantitative estimate of drug-likeness (QED) is 0.744. The Balaban J connectivity index is 1.69. The van der Waals surface area contributed by atoms with E-state index in [0.29, 0.717) is 19.1 Å². The molecule has 0 aromatic carbocycles. The summed E-state index contributed by atoms with van der Waals surface area (Å²) in [6, 6.07) is 0.528. The van der Waals surface area contributed by atoms with E-state index in [-0.39, 0.29) is 11.3 Å². The van der Waals surface area contributed by atoms with Crippen LogP contribution in [0.1, 0.15) is 45.4 Å². The molecule has 6 heteroatoms. The Bertz CT molecular complexity index is 482. The largest absolute Gasteiger partial charge is 0.383 e. The van der Waals surface area contributed by atoms with Gasteiger partial charge in [0, 0.05) is 38.3 Å². The van der Waals surface area contributed by atoms with Gasteiger partial charge in [-0.15, -0.1) is 0 Å². The molecule has 2 heterocycles. The van der Waals surface area contributed by atoms with Crippen LogP contribution in [0.2, 0.25) is 0 Å². The fraction of sp³-hybridized carbons (Fsp3) is 1.00. The summed E-state index contributed by atoms with van der Waals surface area (Å²) in [5.41, 5.74) is 0.228. The molecule has 0 radical (unpaired) electrons. The molecule has 22 heavy (non-hydrogen) atoms. The molecule has 0 aromatic rings. The third kappa shape index (κ3) is 3.21. The lowest BCUT2D eigenvalue weighted by Gasteiger charge is -2.46. The van der Waals surface area contributed by atoms with E-state index in [2.05, 4.69) is 4.90 Å². The molecular formula is C16H30N2O3S. The summed E-state index contributed by atoms with van der Waals surface area (Å²) in [5.74, 6) is 1.09. The topological polar surface area (TPSA) is 49.9 Å². The standard InChI is InChI=1S/C16H30N2O3S/c1-3-22(19,20)17-10-8-16(9-11-17)7-6-15(13-21-2)18(16)12-14-4-5-14/h14-15H,3-13H2,1-2H3/t15-/m0/s1. The molecule has 0 bridgehead atoms. The van der Waals surface area contributed by atoms with Crippen molar-refractivity contribution in [1.82, 2.24) is 9.21 Å². The molecule has 0 N–H and O–H groups in total. The van der Waals surface area contributed by atoms with Crippen molar-refractivity contribution < 1.29 is 13.2 Å². The number of piperidine rings is 1. The molecule has 3 aliphatic rings. The van der Waals surface area contributed by atoms with E-state index >= 15 is 0 Å². The van der Waals surface area contributed by atoms with Gasteiger partial charge in [0.25, 0.3) is 0 Å². The van der Waals surface area contributed by atoms with E-state index < -0.39 is 10.0 Å². The summed E-state index contributed by atoms with van der Waals surface area (Å²) in [7, 11) is -1.24. The Hall–Kier alpha value is -0.170. The first-order valence-electron chi connectivity index (χ1n) is 8.74. The van der Waals surface area contributed by atoms with Crippen LogP contribution < -0.4 is 0 Å². The third-order valence-corrected chi connectivity index (χ3v) is 7.80. The van der Waals surface area contributed by atoms with E-state index in [9.17, 15) is 8.42 Å². The number of hydrogen-bond acceptors (Lipinski definition) is 4. The predicted molar refractivity (Wildman–Crippen MR) is 87.3 cm³/mol. The lowest BCUT2D eigenvalue weighted by Crippen LogP contribution is -2.56. The summed E-state index contributed by atoms with van der Waals surface area (Å²) in [5, 5.41) is 0. The molecule has 0 aromatic heterocycles. The van der Waals surface area contributed by atoms with Crippen molar-refractivity contribution in [3.8, 4) is 0 Å². The number of methoxy groups -OCH3 is 1. The van der Waals surface area contributed by atoms with Gasteiger partial charge in [-0.25, -0.2) is 12.7 Å². The Kier molecular flexibility index (Phi) is 4.84. The lowest BCUT2D eigenvalue weighted by atomic mass is 9.85. The van der Waals surface area contributed by atoms with Crippen LogP contribution in [0, 0.1) is 5.92 Å². The van der Waals surface area contributed by atoms with Gasteiger partial charge in [0.05, 0.1) is 12.4 Å². The van der Waals surface area contributed by atoms with Gasteiger partial charge in [0.1, 0.15) is 0 Å². The van der Waals surface area contributed by atoms with Crippen molar-refractivity contribution >= 4 is 10.0 Å². The van der Waals surface area contributed by atoms with Crippen LogP contribution in [0.4, 0.5) is 0 Å². The molecule has 2 aliphatic heterocycles. The van der Waals surface area contributed by atoms with Crippen molar-refractivity contribution in [1.29, 1.82) is 0 Å². The van der Waals surface area contributed by atoms with Crippen LogP contribution in [0.25, 0.3) is 0 Å². The summed E-state index contributed by atoms with van der Waals surface area (Å²) in [6.07, 6.45) is 7.10. The molecule has 3 rings (SSSR count). The summed E-state index contributed by atoms with van der Waals surface area (Å²) in [6.45, 7) is 5.12. The molecule has 0 amide bonds. The van der Waals surface area contributed by atoms with Crippen LogP contribution in [0.3, 0.4) is 0 Å². The van der Waals surface area contributed by atoms with E-state index in [1.165, 1.54) is 32.2 Å². The maximum Gasteiger partial charge on any atom is 0.213 e. The summed E-state index contributed by atoms with van der Waals surface area (Å²) < 4.78 is 31.3. The average molecular weight is 330 g/mol. The SMILES string of the molecule is CCS(=O)(=O)N1CCC2(CC[C@@H](COC)N2CC2CC2)CC1. The average Bonchev–Trinajstić information content (AvgIpc) is 3.28.